The average molecular weight is 530 g/mol. The highest BCUT2D eigenvalue weighted by molar-refractivity contribution is 7.89. The van der Waals surface area contributed by atoms with E-state index in [1.165, 1.54) is 0 Å². The minimum absolute atomic E-state index is 0.0829. The number of aromatic nitrogens is 2. The number of imidazole rings is 1. The van der Waals surface area contributed by atoms with E-state index in [0.717, 1.165) is 33.6 Å². The fourth-order valence-electron chi connectivity index (χ4n) is 5.09. The normalized spacial score (nSPS) is 16.4. The van der Waals surface area contributed by atoms with Gasteiger partial charge in [0.15, 0.2) is 0 Å². The molecule has 4 aromatic rings. The number of fused-ring (bicyclic) bond motifs is 1. The lowest BCUT2D eigenvalue weighted by Crippen LogP contribution is -2.47. The van der Waals surface area contributed by atoms with E-state index >= 15 is 0 Å². The summed E-state index contributed by atoms with van der Waals surface area (Å²) in [7, 11) is 0.288. The van der Waals surface area contributed by atoms with E-state index < -0.39 is 10.0 Å². The van der Waals surface area contributed by atoms with Crippen LogP contribution in [-0.4, -0.2) is 66.6 Å². The summed E-state index contributed by atoms with van der Waals surface area (Å²) in [6.07, 6.45) is 4.16. The van der Waals surface area contributed by atoms with Crippen molar-refractivity contribution in [2.75, 3.05) is 37.8 Å². The number of sulfonamides is 1. The molecule has 5 rings (SSSR count). The van der Waals surface area contributed by atoms with Gasteiger partial charge in [-0.2, -0.15) is 4.31 Å². The molecule has 1 aromatic heterocycles. The number of hydrogen-bond donors (Lipinski definition) is 1. The largest absolute Gasteiger partial charge is 0.364 e. The zero-order valence-electron chi connectivity index (χ0n) is 22.0. The third-order valence-corrected chi connectivity index (χ3v) is 8.92. The van der Waals surface area contributed by atoms with Crippen molar-refractivity contribution in [3.8, 4) is 11.1 Å². The van der Waals surface area contributed by atoms with Crippen molar-refractivity contribution in [2.24, 2.45) is 0 Å². The van der Waals surface area contributed by atoms with Crippen molar-refractivity contribution in [2.45, 2.75) is 25.6 Å². The lowest BCUT2D eigenvalue weighted by atomic mass is 10.0. The Morgan fingerprint density at radius 2 is 1.71 bits per heavy atom. The SMILES string of the molecule is CN(C)CCS(=O)(=O)N1Cc2cc(-c3ccccc3)ccc2N(Cc2cnc[nH]2)CC1Cc1ccccc1. The fourth-order valence-corrected chi connectivity index (χ4v) is 6.85. The van der Waals surface area contributed by atoms with E-state index in [9.17, 15) is 8.42 Å². The monoisotopic (exact) mass is 529 g/mol. The summed E-state index contributed by atoms with van der Waals surface area (Å²) in [5.41, 5.74) is 6.38. The molecule has 1 aliphatic heterocycles. The molecule has 0 saturated carbocycles. The second kappa shape index (κ2) is 11.5. The van der Waals surface area contributed by atoms with Gasteiger partial charge in [0.1, 0.15) is 0 Å². The number of hydrogen-bond acceptors (Lipinski definition) is 5. The first kappa shape index (κ1) is 26.2. The van der Waals surface area contributed by atoms with Gasteiger partial charge in [-0.25, -0.2) is 13.4 Å². The Labute approximate surface area is 225 Å². The van der Waals surface area contributed by atoms with Gasteiger partial charge in [0, 0.05) is 37.6 Å². The van der Waals surface area contributed by atoms with Crippen molar-refractivity contribution >= 4 is 15.7 Å². The number of aromatic amines is 1. The smallest absolute Gasteiger partial charge is 0.215 e. The predicted molar refractivity (Wildman–Crippen MR) is 153 cm³/mol. The van der Waals surface area contributed by atoms with Crippen LogP contribution in [0.2, 0.25) is 0 Å². The number of rotatable bonds is 9. The number of nitrogens with one attached hydrogen (secondary N) is 1. The zero-order chi connectivity index (χ0) is 26.5. The molecule has 8 heteroatoms. The highest BCUT2D eigenvalue weighted by Gasteiger charge is 2.35. The van der Waals surface area contributed by atoms with E-state index in [1.807, 2.05) is 61.6 Å². The highest BCUT2D eigenvalue weighted by atomic mass is 32.2. The summed E-state index contributed by atoms with van der Waals surface area (Å²) in [6, 6.07) is 26.6. The van der Waals surface area contributed by atoms with Gasteiger partial charge in [-0.05, 0) is 54.9 Å². The van der Waals surface area contributed by atoms with Gasteiger partial charge < -0.3 is 14.8 Å². The second-order valence-electron chi connectivity index (χ2n) is 10.2. The van der Waals surface area contributed by atoms with Crippen molar-refractivity contribution in [1.29, 1.82) is 0 Å². The maximum absolute atomic E-state index is 13.9. The third kappa shape index (κ3) is 6.15. The summed E-state index contributed by atoms with van der Waals surface area (Å²) >= 11 is 0. The summed E-state index contributed by atoms with van der Waals surface area (Å²) in [5, 5.41) is 0. The average Bonchev–Trinajstić information content (AvgIpc) is 3.38. The summed E-state index contributed by atoms with van der Waals surface area (Å²) in [6.45, 7) is 2.01. The van der Waals surface area contributed by atoms with Crippen LogP contribution in [-0.2, 0) is 29.5 Å². The van der Waals surface area contributed by atoms with Crippen molar-refractivity contribution in [3.05, 3.63) is 108 Å². The van der Waals surface area contributed by atoms with Crippen LogP contribution in [0, 0.1) is 0 Å². The summed E-state index contributed by atoms with van der Waals surface area (Å²) in [4.78, 5) is 11.7. The Balaban J connectivity index is 1.59. The van der Waals surface area contributed by atoms with E-state index in [2.05, 4.69) is 57.3 Å². The Morgan fingerprint density at radius 3 is 2.39 bits per heavy atom. The van der Waals surface area contributed by atoms with Crippen molar-refractivity contribution in [3.63, 3.8) is 0 Å². The molecule has 38 heavy (non-hydrogen) atoms. The Bertz CT molecular complexity index is 1420. The van der Waals surface area contributed by atoms with Gasteiger partial charge in [0.05, 0.1) is 24.3 Å². The molecule has 0 amide bonds. The first-order chi connectivity index (χ1) is 18.4. The predicted octanol–water partition coefficient (Wildman–Crippen LogP) is 4.40. The first-order valence-electron chi connectivity index (χ1n) is 13.0. The van der Waals surface area contributed by atoms with Crippen LogP contribution >= 0.6 is 0 Å². The minimum atomic E-state index is -3.53. The number of benzene rings is 3. The zero-order valence-corrected chi connectivity index (χ0v) is 22.8. The number of anilines is 1. The lowest BCUT2D eigenvalue weighted by Gasteiger charge is -2.32. The molecule has 3 aromatic carbocycles. The van der Waals surface area contributed by atoms with Crippen LogP contribution in [0.4, 0.5) is 5.69 Å². The van der Waals surface area contributed by atoms with Crippen LogP contribution in [0.25, 0.3) is 11.1 Å². The van der Waals surface area contributed by atoms with Gasteiger partial charge in [0.2, 0.25) is 10.0 Å². The third-order valence-electron chi connectivity index (χ3n) is 7.08. The lowest BCUT2D eigenvalue weighted by molar-refractivity contribution is 0.314. The topological polar surface area (TPSA) is 72.5 Å². The summed E-state index contributed by atoms with van der Waals surface area (Å²) in [5.74, 6) is 0.0829. The maximum atomic E-state index is 13.9. The first-order valence-corrected chi connectivity index (χ1v) is 14.6. The van der Waals surface area contributed by atoms with Crippen molar-refractivity contribution in [1.82, 2.24) is 19.2 Å². The van der Waals surface area contributed by atoms with Gasteiger partial charge in [-0.1, -0.05) is 66.7 Å². The standard InChI is InChI=1S/C30H35N5O2S/c1-33(2)15-16-38(36,37)35-20-27-18-26(25-11-7-4-8-12-25)13-14-30(27)34(21-28-19-31-23-32-28)22-29(35)17-24-9-5-3-6-10-24/h3-14,18-19,23,29H,15-17,20-22H2,1-2H3,(H,31,32). The molecule has 0 fully saturated rings. The quantitative estimate of drug-likeness (QED) is 0.348. The van der Waals surface area contributed by atoms with Crippen LogP contribution in [0.15, 0.2) is 91.4 Å². The Kier molecular flexibility index (Phi) is 7.93. The maximum Gasteiger partial charge on any atom is 0.215 e. The number of H-pyrrole nitrogens is 1. The molecule has 1 N–H and O–H groups in total. The molecular formula is C30H35N5O2S. The Morgan fingerprint density at radius 1 is 0.974 bits per heavy atom. The van der Waals surface area contributed by atoms with E-state index in [0.29, 0.717) is 32.6 Å². The van der Waals surface area contributed by atoms with Gasteiger partial charge >= 0.3 is 0 Å². The van der Waals surface area contributed by atoms with Gasteiger partial charge in [-0.15, -0.1) is 0 Å². The molecule has 0 bridgehead atoms. The van der Waals surface area contributed by atoms with Crippen LogP contribution in [0.3, 0.4) is 0 Å². The Hall–Kier alpha value is -3.46. The van der Waals surface area contributed by atoms with Gasteiger partial charge in [-0.3, -0.25) is 0 Å². The van der Waals surface area contributed by atoms with E-state index in [1.54, 1.807) is 10.6 Å². The van der Waals surface area contributed by atoms with Crippen LogP contribution in [0.5, 0.6) is 0 Å². The molecular weight excluding hydrogens is 494 g/mol. The van der Waals surface area contributed by atoms with Crippen LogP contribution < -0.4 is 4.90 Å². The fraction of sp³-hybridized carbons (Fsp3) is 0.300. The molecule has 0 aliphatic carbocycles. The van der Waals surface area contributed by atoms with Gasteiger partial charge in [0.25, 0.3) is 0 Å². The van der Waals surface area contributed by atoms with E-state index in [4.69, 9.17) is 0 Å². The number of nitrogens with zero attached hydrogens (tertiary/aromatic N) is 4. The molecule has 1 aliphatic rings. The molecule has 0 saturated heterocycles. The van der Waals surface area contributed by atoms with Crippen molar-refractivity contribution < 1.29 is 8.42 Å². The van der Waals surface area contributed by atoms with Crippen LogP contribution in [0.1, 0.15) is 16.8 Å². The molecule has 1 unspecified atom stereocenters. The molecule has 0 radical (unpaired) electrons. The second-order valence-corrected chi connectivity index (χ2v) is 12.2. The summed E-state index contributed by atoms with van der Waals surface area (Å²) < 4.78 is 29.5. The molecule has 0 spiro atoms. The molecule has 7 nitrogen and oxygen atoms in total. The minimum Gasteiger partial charge on any atom is -0.364 e. The molecule has 198 valence electrons. The highest BCUT2D eigenvalue weighted by Crippen LogP contribution is 2.34. The van der Waals surface area contributed by atoms with E-state index in [-0.39, 0.29) is 11.8 Å². The molecule has 2 heterocycles. The molecule has 1 atom stereocenters.